The Bertz CT molecular complexity index is 256. The Balaban J connectivity index is 0. The predicted molar refractivity (Wildman–Crippen MR) is 59.8 cm³/mol. The number of carbonyl (C=O) groups is 2. The molecule has 0 aromatic rings. The minimum Gasteiger partial charge on any atom is -0.498 e. The third-order valence-electron chi connectivity index (χ3n) is 1.10. The zero-order valence-corrected chi connectivity index (χ0v) is 9.27. The van der Waals surface area contributed by atoms with Crippen LogP contribution in [0, 0.1) is 0 Å². The first-order chi connectivity index (χ1) is 7.45. The summed E-state index contributed by atoms with van der Waals surface area (Å²) in [6.07, 6.45) is 2.40. The van der Waals surface area contributed by atoms with Gasteiger partial charge in [-0.2, -0.15) is 0 Å². The molecule has 90 valence electrons. The summed E-state index contributed by atoms with van der Waals surface area (Å²) >= 11 is 0. The van der Waals surface area contributed by atoms with Gasteiger partial charge >= 0.3 is 11.9 Å². The Hall–Kier alpha value is -2.04. The molecule has 0 unspecified atom stereocenters. The van der Waals surface area contributed by atoms with E-state index in [2.05, 4.69) is 29.2 Å². The summed E-state index contributed by atoms with van der Waals surface area (Å²) in [5.41, 5.74) is 0.176. The smallest absolute Gasteiger partial charge is 0.330 e. The monoisotopic (exact) mass is 228 g/mol. The fourth-order valence-electron chi connectivity index (χ4n) is 0.333. The molecule has 0 aromatic carbocycles. The van der Waals surface area contributed by atoms with Gasteiger partial charge in [-0.05, 0) is 6.92 Å². The van der Waals surface area contributed by atoms with Crippen LogP contribution in [0.5, 0.6) is 0 Å². The normalized spacial score (nSPS) is 7.81. The van der Waals surface area contributed by atoms with E-state index >= 15 is 0 Å². The number of carboxylic acid groups (broad SMARTS) is 1. The van der Waals surface area contributed by atoms with Crippen LogP contribution in [0.25, 0.3) is 0 Å². The van der Waals surface area contributed by atoms with Crippen molar-refractivity contribution in [1.29, 1.82) is 0 Å². The first kappa shape index (κ1) is 16.4. The summed E-state index contributed by atoms with van der Waals surface area (Å²) < 4.78 is 9.24. The fraction of sp³-hybridized carbons (Fsp3) is 0.273. The second-order valence-electron chi connectivity index (χ2n) is 2.49. The molecule has 0 spiro atoms. The molecule has 16 heavy (non-hydrogen) atoms. The molecule has 0 aliphatic heterocycles. The van der Waals surface area contributed by atoms with Gasteiger partial charge in [0.1, 0.15) is 13.2 Å². The molecule has 0 aliphatic carbocycles. The number of hydrogen-bond acceptors (Lipinski definition) is 4. The zero-order chi connectivity index (χ0) is 13.0. The van der Waals surface area contributed by atoms with Crippen LogP contribution in [0.4, 0.5) is 0 Å². The molecule has 5 heteroatoms. The second kappa shape index (κ2) is 11.0. The predicted octanol–water partition coefficient (Wildman–Crippen LogP) is 1.52. The van der Waals surface area contributed by atoms with E-state index in [1.54, 1.807) is 0 Å². The number of hydrogen-bond donors (Lipinski definition) is 1. The SMILES string of the molecule is C=C(C)C(=O)O.C=COCCOC(=O)C=C. The summed E-state index contributed by atoms with van der Waals surface area (Å²) in [4.78, 5) is 20.0. The molecule has 1 N–H and O–H groups in total. The number of rotatable bonds is 6. The summed E-state index contributed by atoms with van der Waals surface area (Å²) in [7, 11) is 0. The molecule has 0 fully saturated rings. The zero-order valence-electron chi connectivity index (χ0n) is 9.27. The van der Waals surface area contributed by atoms with Crippen LogP contribution in [-0.4, -0.2) is 30.3 Å². The first-order valence-electron chi connectivity index (χ1n) is 4.36. The third-order valence-corrected chi connectivity index (χ3v) is 1.10. The van der Waals surface area contributed by atoms with Gasteiger partial charge in [0.15, 0.2) is 0 Å². The van der Waals surface area contributed by atoms with Crippen molar-refractivity contribution in [3.05, 3.63) is 37.6 Å². The fourth-order valence-corrected chi connectivity index (χ4v) is 0.333. The van der Waals surface area contributed by atoms with Gasteiger partial charge < -0.3 is 14.6 Å². The van der Waals surface area contributed by atoms with Crippen molar-refractivity contribution >= 4 is 11.9 Å². The van der Waals surface area contributed by atoms with E-state index in [0.29, 0.717) is 6.61 Å². The van der Waals surface area contributed by atoms with Crippen molar-refractivity contribution in [1.82, 2.24) is 0 Å². The molecular formula is C11H16O5. The van der Waals surface area contributed by atoms with Gasteiger partial charge in [-0.3, -0.25) is 0 Å². The lowest BCUT2D eigenvalue weighted by molar-refractivity contribution is -0.138. The van der Waals surface area contributed by atoms with E-state index < -0.39 is 11.9 Å². The number of carboxylic acids is 1. The molecule has 0 bridgehead atoms. The molecule has 0 atom stereocenters. The van der Waals surface area contributed by atoms with E-state index in [0.717, 1.165) is 6.08 Å². The number of ether oxygens (including phenoxy) is 2. The van der Waals surface area contributed by atoms with Crippen LogP contribution in [0.3, 0.4) is 0 Å². The summed E-state index contributed by atoms with van der Waals surface area (Å²) in [6, 6.07) is 0. The van der Waals surface area contributed by atoms with Crippen molar-refractivity contribution in [2.75, 3.05) is 13.2 Å². The topological polar surface area (TPSA) is 72.8 Å². The third kappa shape index (κ3) is 14.5. The highest BCUT2D eigenvalue weighted by Gasteiger charge is 1.92. The molecule has 0 aliphatic rings. The second-order valence-corrected chi connectivity index (χ2v) is 2.49. The molecule has 0 amide bonds. The van der Waals surface area contributed by atoms with Crippen LogP contribution in [0.1, 0.15) is 6.92 Å². The molecule has 0 heterocycles. The Kier molecular flexibility index (Phi) is 11.3. The Morgan fingerprint density at radius 2 is 1.81 bits per heavy atom. The Morgan fingerprint density at radius 1 is 1.31 bits per heavy atom. The van der Waals surface area contributed by atoms with E-state index in [1.165, 1.54) is 13.2 Å². The van der Waals surface area contributed by atoms with Crippen molar-refractivity contribution in [3.8, 4) is 0 Å². The molecule has 0 aromatic heterocycles. The maximum absolute atomic E-state index is 10.4. The number of aliphatic carboxylic acids is 1. The molecule has 0 saturated heterocycles. The van der Waals surface area contributed by atoms with Crippen LogP contribution < -0.4 is 0 Å². The molecule has 5 nitrogen and oxygen atoms in total. The van der Waals surface area contributed by atoms with E-state index in [-0.39, 0.29) is 12.2 Å². The number of carbonyl (C=O) groups excluding carboxylic acids is 1. The van der Waals surface area contributed by atoms with Gasteiger partial charge in [-0.1, -0.05) is 19.7 Å². The van der Waals surface area contributed by atoms with Crippen LogP contribution in [0.15, 0.2) is 37.6 Å². The van der Waals surface area contributed by atoms with Gasteiger partial charge in [-0.15, -0.1) is 0 Å². The minimum atomic E-state index is -0.935. The van der Waals surface area contributed by atoms with Crippen LogP contribution >= 0.6 is 0 Å². The van der Waals surface area contributed by atoms with Crippen molar-refractivity contribution in [2.45, 2.75) is 6.92 Å². The van der Waals surface area contributed by atoms with Gasteiger partial charge in [0.2, 0.25) is 0 Å². The maximum atomic E-state index is 10.4. The largest absolute Gasteiger partial charge is 0.498 e. The Labute approximate surface area is 94.7 Å². The standard InChI is InChI=1S/C7H10O3.C4H6O2/c1-3-7(8)10-6-5-9-4-2;1-3(2)4(5)6/h3-4H,1-2,5-6H2;1H2,2H3,(H,5,6). The van der Waals surface area contributed by atoms with Gasteiger partial charge in [0, 0.05) is 11.6 Å². The number of esters is 1. The van der Waals surface area contributed by atoms with Crippen LogP contribution in [0.2, 0.25) is 0 Å². The minimum absolute atomic E-state index is 0.176. The van der Waals surface area contributed by atoms with Gasteiger partial charge in [-0.25, -0.2) is 9.59 Å². The van der Waals surface area contributed by atoms with Gasteiger partial charge in [0.25, 0.3) is 0 Å². The average molecular weight is 228 g/mol. The van der Waals surface area contributed by atoms with Crippen molar-refractivity contribution < 1.29 is 24.2 Å². The van der Waals surface area contributed by atoms with E-state index in [4.69, 9.17) is 5.11 Å². The van der Waals surface area contributed by atoms with E-state index in [1.807, 2.05) is 0 Å². The maximum Gasteiger partial charge on any atom is 0.330 e. The quantitative estimate of drug-likeness (QED) is 0.323. The lowest BCUT2D eigenvalue weighted by Gasteiger charge is -1.99. The Morgan fingerprint density at radius 3 is 2.12 bits per heavy atom. The van der Waals surface area contributed by atoms with Crippen molar-refractivity contribution in [2.24, 2.45) is 0 Å². The van der Waals surface area contributed by atoms with Crippen LogP contribution in [-0.2, 0) is 19.1 Å². The summed E-state index contributed by atoms with van der Waals surface area (Å²) in [6.45, 7) is 11.7. The molecule has 0 saturated carbocycles. The molecule has 0 radical (unpaired) electrons. The highest BCUT2D eigenvalue weighted by atomic mass is 16.6. The average Bonchev–Trinajstić information content (AvgIpc) is 2.24. The summed E-state index contributed by atoms with van der Waals surface area (Å²) in [5.74, 6) is -1.37. The molecular weight excluding hydrogens is 212 g/mol. The highest BCUT2D eigenvalue weighted by molar-refractivity contribution is 5.84. The molecule has 0 rings (SSSR count). The lowest BCUT2D eigenvalue weighted by Crippen LogP contribution is -2.05. The highest BCUT2D eigenvalue weighted by Crippen LogP contribution is 1.81. The summed E-state index contributed by atoms with van der Waals surface area (Å²) in [5, 5.41) is 7.89. The van der Waals surface area contributed by atoms with Gasteiger partial charge in [0.05, 0.1) is 6.26 Å². The van der Waals surface area contributed by atoms with E-state index in [9.17, 15) is 9.59 Å². The first-order valence-corrected chi connectivity index (χ1v) is 4.36. The van der Waals surface area contributed by atoms with Crippen molar-refractivity contribution in [3.63, 3.8) is 0 Å². The lowest BCUT2D eigenvalue weighted by atomic mass is 10.4.